The molecule has 0 aliphatic rings. The smallest absolute Gasteiger partial charge is 0.255 e. The Morgan fingerprint density at radius 1 is 0.958 bits per heavy atom. The Bertz CT molecular complexity index is 2130. The van der Waals surface area contributed by atoms with Crippen molar-refractivity contribution in [2.24, 2.45) is 11.3 Å². The van der Waals surface area contributed by atoms with Crippen LogP contribution < -0.4 is 5.32 Å². The Morgan fingerprint density at radius 2 is 1.69 bits per heavy atom. The average molecular weight is 682 g/mol. The number of phenolic OH excluding ortho intramolecular Hbond substituents is 1. The molecule has 1 amide bonds. The first-order valence-corrected chi connectivity index (χ1v) is 16.3. The largest absolute Gasteiger partial charge is 0.507 e. The van der Waals surface area contributed by atoms with Gasteiger partial charge in [0.05, 0.1) is 22.5 Å². The maximum absolute atomic E-state index is 13.8. The number of benzene rings is 3. The number of Topliss-reactive ketones (excluding diaryl/α,β-unsaturated/α-hetero) is 1. The fraction of sp³-hybridized carbons (Fsp3) is 0.211. The number of pyridine rings is 1. The summed E-state index contributed by atoms with van der Waals surface area (Å²) >= 11 is 13.2. The van der Waals surface area contributed by atoms with Crippen LogP contribution in [0.3, 0.4) is 0 Å². The van der Waals surface area contributed by atoms with E-state index in [4.69, 9.17) is 32.6 Å². The first kappa shape index (κ1) is 33.0. The van der Waals surface area contributed by atoms with Crippen molar-refractivity contribution in [1.29, 1.82) is 0 Å². The van der Waals surface area contributed by atoms with Crippen molar-refractivity contribution in [2.45, 2.75) is 34.1 Å². The van der Waals surface area contributed by atoms with E-state index in [1.165, 1.54) is 6.07 Å². The first-order valence-electron chi connectivity index (χ1n) is 15.5. The topological polar surface area (TPSA) is 121 Å². The number of hydrogen-bond acceptors (Lipinski definition) is 6. The predicted octanol–water partition coefficient (Wildman–Crippen LogP) is 9.40. The van der Waals surface area contributed by atoms with Crippen LogP contribution >= 0.6 is 23.2 Å². The summed E-state index contributed by atoms with van der Waals surface area (Å²) in [4.78, 5) is 31.7. The van der Waals surface area contributed by atoms with Gasteiger partial charge in [-0.1, -0.05) is 87.3 Å². The van der Waals surface area contributed by atoms with E-state index >= 15 is 0 Å². The second kappa shape index (κ2) is 13.3. The lowest BCUT2D eigenvalue weighted by molar-refractivity contribution is 0.0828. The number of hydrogen-bond donors (Lipinski definition) is 3. The number of aromatic nitrogens is 3. The van der Waals surface area contributed by atoms with Crippen LogP contribution in [-0.4, -0.2) is 38.5 Å². The fourth-order valence-corrected chi connectivity index (χ4v) is 5.99. The van der Waals surface area contributed by atoms with Gasteiger partial charge >= 0.3 is 0 Å². The molecule has 10 heteroatoms. The molecule has 1 atom stereocenters. The van der Waals surface area contributed by atoms with Gasteiger partial charge in [-0.15, -0.1) is 0 Å². The van der Waals surface area contributed by atoms with Gasteiger partial charge in [0.15, 0.2) is 5.76 Å². The van der Waals surface area contributed by atoms with Gasteiger partial charge in [-0.2, -0.15) is 5.10 Å². The maximum Gasteiger partial charge on any atom is 0.255 e. The molecule has 6 rings (SSSR count). The molecule has 244 valence electrons. The van der Waals surface area contributed by atoms with Gasteiger partial charge in [-0.25, -0.2) is 4.98 Å². The number of rotatable bonds is 9. The number of para-hydroxylation sites is 1. The molecular formula is C38H34Cl2N4O4. The van der Waals surface area contributed by atoms with Crippen LogP contribution in [0.2, 0.25) is 10.0 Å². The van der Waals surface area contributed by atoms with Crippen molar-refractivity contribution < 1.29 is 19.1 Å². The average Bonchev–Trinajstić information content (AvgIpc) is 3.72. The molecule has 3 N–H and O–H groups in total. The minimum Gasteiger partial charge on any atom is -0.507 e. The number of nitrogens with one attached hydrogen (secondary N) is 2. The minimum atomic E-state index is -0.723. The third kappa shape index (κ3) is 6.72. The standard InChI is InChI=1S/C38H34Cl2N4O4/c1-21(18-41-36(47)27-7-5-6-8-32(27)45)15-29-30-17-28(22-9-12-25(39)13-10-22)33(44-37(30)48-34(29)35(46)38(2,3)4)26-14-11-23(16-31(26)40)24-19-42-43-20-24/h5-14,16-17,19-21,45H,15,18H2,1-4H3,(H,41,47)(H,42,43). The number of H-pyrrole nitrogens is 1. The molecule has 1 unspecified atom stereocenters. The highest BCUT2D eigenvalue weighted by Gasteiger charge is 2.32. The number of nitrogens with zero attached hydrogens (tertiary/aromatic N) is 2. The second-order valence-electron chi connectivity index (χ2n) is 13.0. The number of phenols is 1. The van der Waals surface area contributed by atoms with Gasteiger partial charge in [0.25, 0.3) is 5.91 Å². The molecule has 8 nitrogen and oxygen atoms in total. The zero-order chi connectivity index (χ0) is 34.2. The Hall–Kier alpha value is -4.92. The molecule has 3 aromatic heterocycles. The molecule has 48 heavy (non-hydrogen) atoms. The maximum atomic E-state index is 13.8. The van der Waals surface area contributed by atoms with Crippen LogP contribution in [0.15, 0.2) is 89.6 Å². The molecule has 0 saturated carbocycles. The first-order chi connectivity index (χ1) is 22.9. The number of carbonyl (C=O) groups is 2. The summed E-state index contributed by atoms with van der Waals surface area (Å²) in [5, 5.41) is 21.7. The zero-order valence-electron chi connectivity index (χ0n) is 26.9. The molecule has 3 aromatic carbocycles. The Kier molecular flexibility index (Phi) is 9.14. The van der Waals surface area contributed by atoms with E-state index in [2.05, 4.69) is 15.5 Å². The highest BCUT2D eigenvalue weighted by atomic mass is 35.5. The van der Waals surface area contributed by atoms with E-state index in [0.717, 1.165) is 22.3 Å². The number of amides is 1. The molecule has 0 fully saturated rings. The number of aromatic amines is 1. The van der Waals surface area contributed by atoms with Crippen LogP contribution in [0.5, 0.6) is 5.75 Å². The molecule has 0 aliphatic heterocycles. The van der Waals surface area contributed by atoms with Crippen LogP contribution in [0.4, 0.5) is 0 Å². The Labute approximate surface area is 288 Å². The van der Waals surface area contributed by atoms with Crippen molar-refractivity contribution in [1.82, 2.24) is 20.5 Å². The molecule has 0 saturated heterocycles. The normalized spacial score (nSPS) is 12.3. The number of ketones is 1. The molecule has 0 bridgehead atoms. The summed E-state index contributed by atoms with van der Waals surface area (Å²) < 4.78 is 6.34. The molecular weight excluding hydrogens is 647 g/mol. The summed E-state index contributed by atoms with van der Waals surface area (Å²) in [6.07, 6.45) is 3.95. The SMILES string of the molecule is CC(CNC(=O)c1ccccc1O)Cc1c(C(=O)C(C)(C)C)oc2nc(-c3ccc(-c4cn[nH]c4)cc3Cl)c(-c3ccc(Cl)cc3)cc12. The van der Waals surface area contributed by atoms with Crippen molar-refractivity contribution in [3.8, 4) is 39.3 Å². The van der Waals surface area contributed by atoms with E-state index in [1.54, 1.807) is 30.6 Å². The van der Waals surface area contributed by atoms with Crippen LogP contribution in [0, 0.1) is 11.3 Å². The highest BCUT2D eigenvalue weighted by Crippen LogP contribution is 2.41. The zero-order valence-corrected chi connectivity index (χ0v) is 28.4. The lowest BCUT2D eigenvalue weighted by Gasteiger charge is -2.17. The van der Waals surface area contributed by atoms with Crippen molar-refractivity contribution >= 4 is 46.0 Å². The molecule has 0 aliphatic carbocycles. The van der Waals surface area contributed by atoms with Crippen molar-refractivity contribution in [3.05, 3.63) is 112 Å². The van der Waals surface area contributed by atoms with Gasteiger partial charge in [0.2, 0.25) is 11.5 Å². The number of aromatic hydroxyl groups is 1. The third-order valence-corrected chi connectivity index (χ3v) is 8.76. The quantitative estimate of drug-likeness (QED) is 0.131. The van der Waals surface area contributed by atoms with E-state index in [1.807, 2.05) is 76.2 Å². The van der Waals surface area contributed by atoms with Gasteiger partial charge < -0.3 is 14.8 Å². The van der Waals surface area contributed by atoms with Gasteiger partial charge in [0, 0.05) is 50.8 Å². The molecule has 6 aromatic rings. The summed E-state index contributed by atoms with van der Waals surface area (Å²) in [5.74, 6) is -0.484. The monoisotopic (exact) mass is 680 g/mol. The fourth-order valence-electron chi connectivity index (χ4n) is 5.60. The number of carbonyl (C=O) groups excluding carboxylic acids is 2. The number of furan rings is 1. The third-order valence-electron chi connectivity index (χ3n) is 8.20. The Morgan fingerprint density at radius 3 is 2.35 bits per heavy atom. The summed E-state index contributed by atoms with van der Waals surface area (Å²) in [6, 6.07) is 21.6. The molecule has 3 heterocycles. The lowest BCUT2D eigenvalue weighted by Crippen LogP contribution is -2.29. The van der Waals surface area contributed by atoms with Gasteiger partial charge in [-0.3, -0.25) is 14.7 Å². The molecule has 0 spiro atoms. The van der Waals surface area contributed by atoms with Crippen LogP contribution in [0.25, 0.3) is 44.6 Å². The predicted molar refractivity (Wildman–Crippen MR) is 190 cm³/mol. The van der Waals surface area contributed by atoms with E-state index in [9.17, 15) is 14.7 Å². The van der Waals surface area contributed by atoms with Gasteiger partial charge in [0.1, 0.15) is 5.75 Å². The minimum absolute atomic E-state index is 0.0885. The summed E-state index contributed by atoms with van der Waals surface area (Å²) in [5.41, 5.74) is 5.22. The van der Waals surface area contributed by atoms with E-state index in [0.29, 0.717) is 50.9 Å². The second-order valence-corrected chi connectivity index (χ2v) is 13.8. The van der Waals surface area contributed by atoms with Crippen LogP contribution in [-0.2, 0) is 6.42 Å². The van der Waals surface area contributed by atoms with E-state index < -0.39 is 5.41 Å². The lowest BCUT2D eigenvalue weighted by atomic mass is 9.86. The number of fused-ring (bicyclic) bond motifs is 1. The van der Waals surface area contributed by atoms with Crippen LogP contribution in [0.1, 0.15) is 54.2 Å². The van der Waals surface area contributed by atoms with Gasteiger partial charge in [-0.05, 0) is 59.9 Å². The summed E-state index contributed by atoms with van der Waals surface area (Å²) in [6.45, 7) is 7.83. The van der Waals surface area contributed by atoms with Crippen molar-refractivity contribution in [2.75, 3.05) is 6.54 Å². The molecule has 0 radical (unpaired) electrons. The van der Waals surface area contributed by atoms with Crippen molar-refractivity contribution in [3.63, 3.8) is 0 Å². The summed E-state index contributed by atoms with van der Waals surface area (Å²) in [7, 11) is 0. The highest BCUT2D eigenvalue weighted by molar-refractivity contribution is 6.34. The Balaban J connectivity index is 1.45. The number of halogens is 2. The van der Waals surface area contributed by atoms with E-state index in [-0.39, 0.29) is 34.7 Å².